The zero-order valence-electron chi connectivity index (χ0n) is 16.8. The van der Waals surface area contributed by atoms with E-state index in [1.807, 2.05) is 55.5 Å². The Balaban J connectivity index is 1.35. The topological polar surface area (TPSA) is 55.8 Å². The highest BCUT2D eigenvalue weighted by Crippen LogP contribution is 2.17. The molecule has 0 saturated heterocycles. The van der Waals surface area contributed by atoms with Gasteiger partial charge in [-0.2, -0.15) is 0 Å². The van der Waals surface area contributed by atoms with Crippen LogP contribution in [0.3, 0.4) is 0 Å². The first-order valence-electron chi connectivity index (χ1n) is 10.0. The molecule has 3 aromatic carbocycles. The van der Waals surface area contributed by atoms with Crippen LogP contribution in [-0.2, 0) is 27.5 Å². The number of aliphatic hydroxyl groups is 1. The number of Topliss-reactive ketones (excluding diaryl/α,β-unsaturated/α-hetero) is 1. The normalized spacial score (nSPS) is 13.3. The fourth-order valence-corrected chi connectivity index (χ4v) is 3.24. The Bertz CT molecular complexity index is 907. The number of hydrogen-bond donors (Lipinski definition) is 1. The number of carbonyl (C=O) groups excluding carboxylic acids is 1. The Morgan fingerprint density at radius 1 is 0.862 bits per heavy atom. The fraction of sp³-hybridized carbons (Fsp3) is 0.320. The molecule has 0 fully saturated rings. The summed E-state index contributed by atoms with van der Waals surface area (Å²) in [5.41, 5.74) is 2.12. The summed E-state index contributed by atoms with van der Waals surface area (Å²) in [4.78, 5) is 12.2. The summed E-state index contributed by atoms with van der Waals surface area (Å²) in [6, 6.07) is 24.2. The highest BCUT2D eigenvalue weighted by Gasteiger charge is 2.15. The Labute approximate surface area is 172 Å². The molecule has 0 heterocycles. The number of rotatable bonds is 11. The first-order valence-corrected chi connectivity index (χ1v) is 10.0. The Kier molecular flexibility index (Phi) is 7.94. The van der Waals surface area contributed by atoms with E-state index in [2.05, 4.69) is 24.3 Å². The number of aliphatic hydroxyl groups excluding tert-OH is 1. The van der Waals surface area contributed by atoms with Crippen molar-refractivity contribution in [2.45, 2.75) is 45.2 Å². The van der Waals surface area contributed by atoms with Crippen LogP contribution in [0.4, 0.5) is 0 Å². The first-order chi connectivity index (χ1) is 14.1. The highest BCUT2D eigenvalue weighted by atomic mass is 16.5. The summed E-state index contributed by atoms with van der Waals surface area (Å²) in [6.45, 7) is 2.92. The molecule has 0 saturated carbocycles. The van der Waals surface area contributed by atoms with Crippen LogP contribution in [0.25, 0.3) is 10.8 Å². The van der Waals surface area contributed by atoms with Gasteiger partial charge in [0.05, 0.1) is 32.0 Å². The second kappa shape index (κ2) is 10.9. The monoisotopic (exact) mass is 392 g/mol. The van der Waals surface area contributed by atoms with Gasteiger partial charge in [0.2, 0.25) is 0 Å². The number of hydrogen-bond acceptors (Lipinski definition) is 4. The van der Waals surface area contributed by atoms with Crippen molar-refractivity contribution >= 4 is 16.6 Å². The minimum Gasteiger partial charge on any atom is -0.390 e. The SMILES string of the molecule is CC(CC(=O)CC(O)COCc1ccccc1)OCc1ccc2ccccc2c1. The standard InChI is InChI=1S/C25H28O4/c1-19(29-17-21-11-12-22-9-5-6-10-23(22)14-21)13-24(26)15-25(27)18-28-16-20-7-3-2-4-8-20/h2-12,14,19,25,27H,13,15-18H2,1H3. The number of benzene rings is 3. The molecule has 1 N–H and O–H groups in total. The zero-order valence-corrected chi connectivity index (χ0v) is 16.8. The van der Waals surface area contributed by atoms with Gasteiger partial charge < -0.3 is 14.6 Å². The van der Waals surface area contributed by atoms with Crippen LogP contribution in [0.5, 0.6) is 0 Å². The van der Waals surface area contributed by atoms with E-state index in [0.717, 1.165) is 11.1 Å². The van der Waals surface area contributed by atoms with Crippen LogP contribution in [-0.4, -0.2) is 29.7 Å². The Morgan fingerprint density at radius 3 is 2.38 bits per heavy atom. The molecule has 0 aliphatic rings. The first kappa shape index (κ1) is 21.2. The highest BCUT2D eigenvalue weighted by molar-refractivity contribution is 5.83. The summed E-state index contributed by atoms with van der Waals surface area (Å²) < 4.78 is 11.3. The molecule has 2 atom stereocenters. The molecule has 4 nitrogen and oxygen atoms in total. The van der Waals surface area contributed by atoms with E-state index >= 15 is 0 Å². The van der Waals surface area contributed by atoms with Gasteiger partial charge >= 0.3 is 0 Å². The molecule has 0 aliphatic carbocycles. The third kappa shape index (κ3) is 7.09. The van der Waals surface area contributed by atoms with Crippen molar-refractivity contribution in [1.29, 1.82) is 0 Å². The molecule has 0 amide bonds. The van der Waals surface area contributed by atoms with Gasteiger partial charge in [-0.05, 0) is 34.9 Å². The second-order valence-corrected chi connectivity index (χ2v) is 7.40. The summed E-state index contributed by atoms with van der Waals surface area (Å²) in [5.74, 6) is -0.0215. The number of ketones is 1. The lowest BCUT2D eigenvalue weighted by Crippen LogP contribution is -2.22. The van der Waals surface area contributed by atoms with Gasteiger partial charge in [0.1, 0.15) is 5.78 Å². The van der Waals surface area contributed by atoms with Crippen LogP contribution in [0.15, 0.2) is 72.8 Å². The average molecular weight is 392 g/mol. The lowest BCUT2D eigenvalue weighted by atomic mass is 10.1. The number of fused-ring (bicyclic) bond motifs is 1. The molecule has 0 bridgehead atoms. The lowest BCUT2D eigenvalue weighted by molar-refractivity contribution is -0.124. The largest absolute Gasteiger partial charge is 0.390 e. The Hall–Kier alpha value is -2.53. The van der Waals surface area contributed by atoms with Gasteiger partial charge in [-0.15, -0.1) is 0 Å². The molecule has 4 heteroatoms. The lowest BCUT2D eigenvalue weighted by Gasteiger charge is -2.15. The molecule has 0 aliphatic heterocycles. The predicted molar refractivity (Wildman–Crippen MR) is 115 cm³/mol. The summed E-state index contributed by atoms with van der Waals surface area (Å²) in [7, 11) is 0. The molecule has 152 valence electrons. The van der Waals surface area contributed by atoms with E-state index in [9.17, 15) is 9.90 Å². The van der Waals surface area contributed by atoms with E-state index in [4.69, 9.17) is 9.47 Å². The summed E-state index contributed by atoms with van der Waals surface area (Å²) in [5, 5.41) is 12.4. The van der Waals surface area contributed by atoms with Crippen molar-refractivity contribution in [3.63, 3.8) is 0 Å². The third-order valence-corrected chi connectivity index (χ3v) is 4.75. The molecule has 0 aromatic heterocycles. The molecule has 3 rings (SSSR count). The minimum atomic E-state index is -0.793. The molecule has 0 spiro atoms. The summed E-state index contributed by atoms with van der Waals surface area (Å²) >= 11 is 0. The molecule has 3 aromatic rings. The molecular weight excluding hydrogens is 364 g/mol. The van der Waals surface area contributed by atoms with Gasteiger partial charge in [-0.1, -0.05) is 66.7 Å². The maximum atomic E-state index is 12.2. The van der Waals surface area contributed by atoms with Gasteiger partial charge in [-0.3, -0.25) is 4.79 Å². The maximum absolute atomic E-state index is 12.2. The van der Waals surface area contributed by atoms with Gasteiger partial charge in [-0.25, -0.2) is 0 Å². The molecule has 0 radical (unpaired) electrons. The smallest absolute Gasteiger partial charge is 0.138 e. The van der Waals surface area contributed by atoms with Crippen LogP contribution >= 0.6 is 0 Å². The molecular formula is C25H28O4. The van der Waals surface area contributed by atoms with Gasteiger partial charge in [0.25, 0.3) is 0 Å². The van der Waals surface area contributed by atoms with Crippen molar-refractivity contribution in [2.75, 3.05) is 6.61 Å². The van der Waals surface area contributed by atoms with Crippen molar-refractivity contribution < 1.29 is 19.4 Å². The molecule has 2 unspecified atom stereocenters. The van der Waals surface area contributed by atoms with Crippen molar-refractivity contribution in [2.24, 2.45) is 0 Å². The van der Waals surface area contributed by atoms with Crippen molar-refractivity contribution in [3.8, 4) is 0 Å². The molecule has 29 heavy (non-hydrogen) atoms. The van der Waals surface area contributed by atoms with Crippen LogP contribution in [0, 0.1) is 0 Å². The number of ether oxygens (including phenoxy) is 2. The summed E-state index contributed by atoms with van der Waals surface area (Å²) in [6.07, 6.45) is -0.632. The van der Waals surface area contributed by atoms with Crippen LogP contribution < -0.4 is 0 Å². The maximum Gasteiger partial charge on any atom is 0.138 e. The van der Waals surface area contributed by atoms with Crippen LogP contribution in [0.2, 0.25) is 0 Å². The average Bonchev–Trinajstić information content (AvgIpc) is 2.72. The third-order valence-electron chi connectivity index (χ3n) is 4.75. The van der Waals surface area contributed by atoms with E-state index in [0.29, 0.717) is 13.2 Å². The zero-order chi connectivity index (χ0) is 20.5. The fourth-order valence-electron chi connectivity index (χ4n) is 3.24. The minimum absolute atomic E-state index is 0.0215. The van der Waals surface area contributed by atoms with Gasteiger partial charge in [0.15, 0.2) is 0 Å². The van der Waals surface area contributed by atoms with Crippen LogP contribution in [0.1, 0.15) is 30.9 Å². The van der Waals surface area contributed by atoms with Gasteiger partial charge in [0, 0.05) is 12.8 Å². The van der Waals surface area contributed by atoms with E-state index in [1.165, 1.54) is 10.8 Å². The quantitative estimate of drug-likeness (QED) is 0.515. The van der Waals surface area contributed by atoms with E-state index in [1.54, 1.807) is 0 Å². The number of carbonyl (C=O) groups is 1. The van der Waals surface area contributed by atoms with Crippen molar-refractivity contribution in [1.82, 2.24) is 0 Å². The predicted octanol–water partition coefficient (Wildman–Crippen LogP) is 4.67. The Morgan fingerprint density at radius 2 is 1.59 bits per heavy atom. The van der Waals surface area contributed by atoms with E-state index < -0.39 is 6.10 Å². The van der Waals surface area contributed by atoms with E-state index in [-0.39, 0.29) is 31.3 Å². The second-order valence-electron chi connectivity index (χ2n) is 7.40. The van der Waals surface area contributed by atoms with Crippen molar-refractivity contribution in [3.05, 3.63) is 83.9 Å².